The van der Waals surface area contributed by atoms with E-state index in [1.807, 2.05) is 0 Å². The van der Waals surface area contributed by atoms with Gasteiger partial charge in [-0.25, -0.2) is 21.9 Å². The van der Waals surface area contributed by atoms with Crippen LogP contribution in [0.5, 0.6) is 0 Å². The molecule has 140 valence electrons. The van der Waals surface area contributed by atoms with E-state index in [1.54, 1.807) is 11.4 Å². The first kappa shape index (κ1) is 18.7. The molecule has 1 atom stereocenters. The number of likely N-dealkylation sites (tertiary alicyclic amines) is 1. The van der Waals surface area contributed by atoms with Gasteiger partial charge in [-0.15, -0.1) is 11.3 Å². The minimum Gasteiger partial charge on any atom is -0.342 e. The number of sulfonamides is 1. The van der Waals surface area contributed by atoms with Gasteiger partial charge in [0.1, 0.15) is 10.1 Å². The van der Waals surface area contributed by atoms with Crippen LogP contribution in [-0.4, -0.2) is 57.4 Å². The standard InChI is InChI=1S/C15H21F2N3O3S2/c16-15(17)10-18-6-3-12(15)14(21)20-7-4-11(5-8-20)19-25(22,23)13-2-1-9-24-13/h1-2,9,11-12,18-19H,3-8,10H2. The molecule has 3 rings (SSSR count). The highest BCUT2D eigenvalue weighted by atomic mass is 32.2. The molecule has 1 aromatic rings. The number of halogens is 2. The average molecular weight is 393 g/mol. The summed E-state index contributed by atoms with van der Waals surface area (Å²) in [7, 11) is -3.56. The number of carbonyl (C=O) groups is 1. The molecule has 0 radical (unpaired) electrons. The topological polar surface area (TPSA) is 78.5 Å². The lowest BCUT2D eigenvalue weighted by Crippen LogP contribution is -2.55. The van der Waals surface area contributed by atoms with Gasteiger partial charge in [0.2, 0.25) is 15.9 Å². The van der Waals surface area contributed by atoms with Gasteiger partial charge in [-0.2, -0.15) is 0 Å². The Morgan fingerprint density at radius 2 is 2.04 bits per heavy atom. The number of hydrogen-bond acceptors (Lipinski definition) is 5. The summed E-state index contributed by atoms with van der Waals surface area (Å²) in [6.45, 7) is 0.510. The maximum Gasteiger partial charge on any atom is 0.271 e. The fraction of sp³-hybridized carbons (Fsp3) is 0.667. The lowest BCUT2D eigenvalue weighted by molar-refractivity contribution is -0.154. The minimum absolute atomic E-state index is 0.122. The van der Waals surface area contributed by atoms with Gasteiger partial charge in [-0.05, 0) is 37.3 Å². The van der Waals surface area contributed by atoms with Crippen LogP contribution in [0.2, 0.25) is 0 Å². The van der Waals surface area contributed by atoms with Crippen molar-refractivity contribution in [2.24, 2.45) is 5.92 Å². The molecule has 25 heavy (non-hydrogen) atoms. The summed E-state index contributed by atoms with van der Waals surface area (Å²) in [5.41, 5.74) is 0. The summed E-state index contributed by atoms with van der Waals surface area (Å²) >= 11 is 1.14. The smallest absolute Gasteiger partial charge is 0.271 e. The fourth-order valence-electron chi connectivity index (χ4n) is 3.27. The number of amides is 1. The van der Waals surface area contributed by atoms with E-state index in [0.717, 1.165) is 11.3 Å². The number of carbonyl (C=O) groups excluding carboxylic acids is 1. The highest BCUT2D eigenvalue weighted by Crippen LogP contribution is 2.32. The van der Waals surface area contributed by atoms with Crippen LogP contribution >= 0.6 is 11.3 Å². The van der Waals surface area contributed by atoms with Crippen LogP contribution in [0.4, 0.5) is 8.78 Å². The Morgan fingerprint density at radius 3 is 2.64 bits per heavy atom. The van der Waals surface area contributed by atoms with E-state index in [0.29, 0.717) is 19.4 Å². The lowest BCUT2D eigenvalue weighted by Gasteiger charge is -2.38. The molecule has 1 unspecified atom stereocenters. The van der Waals surface area contributed by atoms with Crippen molar-refractivity contribution in [3.8, 4) is 0 Å². The van der Waals surface area contributed by atoms with Gasteiger partial charge < -0.3 is 10.2 Å². The molecule has 10 heteroatoms. The van der Waals surface area contributed by atoms with E-state index in [2.05, 4.69) is 10.0 Å². The molecule has 2 saturated heterocycles. The van der Waals surface area contributed by atoms with Crippen molar-refractivity contribution >= 4 is 27.3 Å². The van der Waals surface area contributed by atoms with Crippen molar-refractivity contribution < 1.29 is 22.0 Å². The number of hydrogen-bond donors (Lipinski definition) is 2. The molecule has 2 aliphatic rings. The van der Waals surface area contributed by atoms with E-state index >= 15 is 0 Å². The van der Waals surface area contributed by atoms with Gasteiger partial charge in [0.25, 0.3) is 5.92 Å². The predicted molar refractivity (Wildman–Crippen MR) is 90.2 cm³/mol. The molecule has 3 heterocycles. The Balaban J connectivity index is 1.56. The molecule has 2 N–H and O–H groups in total. The second kappa shape index (κ2) is 7.26. The fourth-order valence-corrected chi connectivity index (χ4v) is 5.59. The maximum atomic E-state index is 13.9. The minimum atomic E-state index is -3.56. The molecule has 2 fully saturated rings. The van der Waals surface area contributed by atoms with Gasteiger partial charge in [0, 0.05) is 19.1 Å². The third-order valence-electron chi connectivity index (χ3n) is 4.67. The number of thiophene rings is 1. The zero-order valence-electron chi connectivity index (χ0n) is 13.6. The van der Waals surface area contributed by atoms with Crippen molar-refractivity contribution in [2.75, 3.05) is 26.2 Å². The molecule has 2 aliphatic heterocycles. The zero-order valence-corrected chi connectivity index (χ0v) is 15.2. The summed E-state index contributed by atoms with van der Waals surface area (Å²) in [5, 5.41) is 4.30. The molecule has 1 aromatic heterocycles. The largest absolute Gasteiger partial charge is 0.342 e. The molecule has 6 nitrogen and oxygen atoms in total. The lowest BCUT2D eigenvalue weighted by atomic mass is 9.91. The number of alkyl halides is 2. The second-order valence-corrected chi connectivity index (χ2v) is 9.32. The molecular weight excluding hydrogens is 372 g/mol. The summed E-state index contributed by atoms with van der Waals surface area (Å²) < 4.78 is 55.2. The SMILES string of the molecule is O=C(C1CCNCC1(F)F)N1CCC(NS(=O)(=O)c2cccs2)CC1. The molecule has 0 aromatic carbocycles. The van der Waals surface area contributed by atoms with E-state index in [9.17, 15) is 22.0 Å². The van der Waals surface area contributed by atoms with Crippen LogP contribution in [0.1, 0.15) is 19.3 Å². The molecule has 0 aliphatic carbocycles. The van der Waals surface area contributed by atoms with E-state index < -0.39 is 34.3 Å². The Morgan fingerprint density at radius 1 is 1.32 bits per heavy atom. The molecule has 1 amide bonds. The summed E-state index contributed by atoms with van der Waals surface area (Å²) in [6, 6.07) is 2.91. The summed E-state index contributed by atoms with van der Waals surface area (Å²) in [4.78, 5) is 13.9. The van der Waals surface area contributed by atoms with Crippen molar-refractivity contribution in [3.05, 3.63) is 17.5 Å². The normalized spacial score (nSPS) is 25.0. The van der Waals surface area contributed by atoms with E-state index in [1.165, 1.54) is 11.0 Å². The van der Waals surface area contributed by atoms with E-state index in [4.69, 9.17) is 0 Å². The van der Waals surface area contributed by atoms with Gasteiger partial charge in [0.05, 0.1) is 6.54 Å². The summed E-state index contributed by atoms with van der Waals surface area (Å²) in [5.74, 6) is -4.84. The van der Waals surface area contributed by atoms with Gasteiger partial charge >= 0.3 is 0 Å². The van der Waals surface area contributed by atoms with Crippen LogP contribution in [0.3, 0.4) is 0 Å². The Bertz CT molecular complexity index is 702. The Labute approximate surface area is 149 Å². The maximum absolute atomic E-state index is 13.9. The average Bonchev–Trinajstić information content (AvgIpc) is 3.10. The quantitative estimate of drug-likeness (QED) is 0.807. The van der Waals surface area contributed by atoms with Crippen molar-refractivity contribution in [1.29, 1.82) is 0 Å². The first-order valence-corrected chi connectivity index (χ1v) is 10.6. The number of piperidine rings is 2. The zero-order chi connectivity index (χ0) is 18.1. The highest BCUT2D eigenvalue weighted by Gasteiger charge is 2.47. The predicted octanol–water partition coefficient (Wildman–Crippen LogP) is 1.26. The molecule has 0 spiro atoms. The Hall–Kier alpha value is -1.10. The van der Waals surface area contributed by atoms with Crippen molar-refractivity contribution in [1.82, 2.24) is 14.9 Å². The van der Waals surface area contributed by atoms with Crippen LogP contribution < -0.4 is 10.0 Å². The van der Waals surface area contributed by atoms with Gasteiger partial charge in [0.15, 0.2) is 0 Å². The summed E-state index contributed by atoms with van der Waals surface area (Å²) in [6.07, 6.45) is 0.969. The first-order chi connectivity index (χ1) is 11.8. The monoisotopic (exact) mass is 393 g/mol. The van der Waals surface area contributed by atoms with Crippen LogP contribution in [-0.2, 0) is 14.8 Å². The van der Waals surface area contributed by atoms with Crippen molar-refractivity contribution in [3.63, 3.8) is 0 Å². The number of nitrogens with one attached hydrogen (secondary N) is 2. The van der Waals surface area contributed by atoms with Gasteiger partial charge in [-0.1, -0.05) is 6.07 Å². The molecule has 0 saturated carbocycles. The third-order valence-corrected chi connectivity index (χ3v) is 7.58. The first-order valence-electron chi connectivity index (χ1n) is 8.23. The number of rotatable bonds is 4. The van der Waals surface area contributed by atoms with Crippen LogP contribution in [0.25, 0.3) is 0 Å². The highest BCUT2D eigenvalue weighted by molar-refractivity contribution is 7.91. The molecular formula is C15H21F2N3O3S2. The number of nitrogens with zero attached hydrogens (tertiary/aromatic N) is 1. The second-order valence-electron chi connectivity index (χ2n) is 6.43. The third kappa shape index (κ3) is 4.18. The molecule has 0 bridgehead atoms. The Kier molecular flexibility index (Phi) is 5.42. The van der Waals surface area contributed by atoms with Crippen molar-refractivity contribution in [2.45, 2.75) is 35.4 Å². The van der Waals surface area contributed by atoms with E-state index in [-0.39, 0.29) is 29.8 Å². The van der Waals surface area contributed by atoms with Crippen LogP contribution in [0.15, 0.2) is 21.7 Å². The van der Waals surface area contributed by atoms with Crippen LogP contribution in [0, 0.1) is 5.92 Å². The van der Waals surface area contributed by atoms with Gasteiger partial charge in [-0.3, -0.25) is 4.79 Å².